The Morgan fingerprint density at radius 1 is 1.43 bits per heavy atom. The summed E-state index contributed by atoms with van der Waals surface area (Å²) < 4.78 is 36.3. The third-order valence-corrected chi connectivity index (χ3v) is 5.54. The third-order valence-electron chi connectivity index (χ3n) is 3.07. The van der Waals surface area contributed by atoms with Gasteiger partial charge in [-0.2, -0.15) is 0 Å². The monoisotopic (exact) mass is 399 g/mol. The van der Waals surface area contributed by atoms with Gasteiger partial charge in [0.15, 0.2) is 0 Å². The van der Waals surface area contributed by atoms with E-state index in [2.05, 4.69) is 21.2 Å². The van der Waals surface area contributed by atoms with Gasteiger partial charge in [0.1, 0.15) is 10.7 Å². The highest BCUT2D eigenvalue weighted by molar-refractivity contribution is 9.10. The molecule has 118 valence electrons. The van der Waals surface area contributed by atoms with Crippen LogP contribution in [-0.4, -0.2) is 20.4 Å². The fourth-order valence-corrected chi connectivity index (χ4v) is 4.16. The van der Waals surface area contributed by atoms with Crippen LogP contribution in [0.5, 0.6) is 0 Å². The van der Waals surface area contributed by atoms with E-state index < -0.39 is 25.7 Å². The minimum Gasteiger partial charge on any atom is -0.349 e. The van der Waals surface area contributed by atoms with Gasteiger partial charge >= 0.3 is 0 Å². The smallest absolute Gasteiger partial charge is 0.262 e. The first-order chi connectivity index (χ1) is 9.57. The highest BCUT2D eigenvalue weighted by Crippen LogP contribution is 2.30. The summed E-state index contributed by atoms with van der Waals surface area (Å²) in [6.45, 7) is 5.81. The number of hydrogen-bond donors (Lipinski definition) is 1. The molecule has 0 spiro atoms. The molecule has 1 aromatic rings. The molecule has 0 saturated carbocycles. The van der Waals surface area contributed by atoms with Gasteiger partial charge in [0.25, 0.3) is 15.0 Å². The molecule has 1 atom stereocenters. The molecule has 0 aliphatic heterocycles. The largest absolute Gasteiger partial charge is 0.349 e. The Morgan fingerprint density at radius 2 is 2.00 bits per heavy atom. The molecule has 21 heavy (non-hydrogen) atoms. The van der Waals surface area contributed by atoms with Crippen molar-refractivity contribution in [3.05, 3.63) is 28.0 Å². The molecular weight excluding hydrogens is 385 g/mol. The first kappa shape index (κ1) is 18.4. The molecule has 0 aromatic heterocycles. The summed E-state index contributed by atoms with van der Waals surface area (Å²) in [6, 6.07) is 1.64. The zero-order valence-corrected chi connectivity index (χ0v) is 14.9. The molecular formula is C13H16BrClFNO3S. The normalized spacial score (nSPS) is 13.3. The molecule has 1 amide bonds. The van der Waals surface area contributed by atoms with Gasteiger partial charge in [0.2, 0.25) is 0 Å². The summed E-state index contributed by atoms with van der Waals surface area (Å²) in [4.78, 5) is 11.8. The zero-order chi connectivity index (χ0) is 16.4. The van der Waals surface area contributed by atoms with Gasteiger partial charge in [-0.25, -0.2) is 12.8 Å². The van der Waals surface area contributed by atoms with E-state index in [0.717, 1.165) is 12.1 Å². The van der Waals surface area contributed by atoms with Crippen LogP contribution >= 0.6 is 26.6 Å². The molecule has 8 heteroatoms. The van der Waals surface area contributed by atoms with Crippen LogP contribution in [0.3, 0.4) is 0 Å². The van der Waals surface area contributed by atoms with Gasteiger partial charge in [-0.15, -0.1) is 0 Å². The van der Waals surface area contributed by atoms with Crippen LogP contribution in [0.4, 0.5) is 4.39 Å². The molecule has 0 aliphatic carbocycles. The molecule has 0 fully saturated rings. The first-order valence-corrected chi connectivity index (χ1v) is 9.42. The van der Waals surface area contributed by atoms with E-state index in [1.807, 2.05) is 20.8 Å². The van der Waals surface area contributed by atoms with E-state index >= 15 is 0 Å². The number of rotatable bonds is 5. The number of nitrogens with one attached hydrogen (secondary N) is 1. The van der Waals surface area contributed by atoms with Crippen LogP contribution < -0.4 is 5.32 Å². The van der Waals surface area contributed by atoms with E-state index in [-0.39, 0.29) is 22.0 Å². The maximum atomic E-state index is 13.6. The summed E-state index contributed by atoms with van der Waals surface area (Å²) in [5.74, 6) is -1.20. The van der Waals surface area contributed by atoms with E-state index in [1.54, 1.807) is 0 Å². The van der Waals surface area contributed by atoms with Crippen molar-refractivity contribution in [1.29, 1.82) is 0 Å². The highest BCUT2D eigenvalue weighted by Gasteiger charge is 2.24. The van der Waals surface area contributed by atoms with E-state index in [0.29, 0.717) is 6.42 Å². The number of halogens is 3. The molecule has 0 heterocycles. The summed E-state index contributed by atoms with van der Waals surface area (Å²) >= 11 is 3.01. The Bertz CT molecular complexity index is 649. The van der Waals surface area contributed by atoms with Gasteiger partial charge in [0.05, 0.1) is 10.0 Å². The third kappa shape index (κ3) is 4.66. The lowest BCUT2D eigenvalue weighted by Crippen LogP contribution is -2.38. The van der Waals surface area contributed by atoms with Gasteiger partial charge in [-0.3, -0.25) is 4.79 Å². The number of carbonyl (C=O) groups is 1. The van der Waals surface area contributed by atoms with Crippen molar-refractivity contribution in [3.8, 4) is 0 Å². The van der Waals surface area contributed by atoms with Gasteiger partial charge in [-0.1, -0.05) is 20.8 Å². The first-order valence-electron chi connectivity index (χ1n) is 6.32. The van der Waals surface area contributed by atoms with Gasteiger partial charge in [0, 0.05) is 16.7 Å². The van der Waals surface area contributed by atoms with Crippen molar-refractivity contribution in [2.45, 2.75) is 38.1 Å². The van der Waals surface area contributed by atoms with E-state index in [1.165, 1.54) is 0 Å². The van der Waals surface area contributed by atoms with E-state index in [4.69, 9.17) is 10.7 Å². The second kappa shape index (κ2) is 7.07. The van der Waals surface area contributed by atoms with Crippen molar-refractivity contribution in [2.75, 3.05) is 0 Å². The van der Waals surface area contributed by atoms with Gasteiger partial charge in [-0.05, 0) is 40.4 Å². The second-order valence-electron chi connectivity index (χ2n) is 4.94. The van der Waals surface area contributed by atoms with E-state index in [9.17, 15) is 17.6 Å². The summed E-state index contributed by atoms with van der Waals surface area (Å²) in [5, 5.41) is 2.76. The van der Waals surface area contributed by atoms with Crippen molar-refractivity contribution < 1.29 is 17.6 Å². The lowest BCUT2D eigenvalue weighted by atomic mass is 10.0. The minimum atomic E-state index is -4.16. The standard InChI is InChI=1S/C13H16BrClFNO3S/c1-4-10(7(2)3)17-13(18)9-5-8(16)6-11(12(9)14)21(15,19)20/h5-7,10H,4H2,1-3H3,(H,17,18). The lowest BCUT2D eigenvalue weighted by Gasteiger charge is -2.21. The lowest BCUT2D eigenvalue weighted by molar-refractivity contribution is 0.0923. The average molecular weight is 401 g/mol. The Morgan fingerprint density at radius 3 is 2.43 bits per heavy atom. The molecule has 1 unspecified atom stereocenters. The van der Waals surface area contributed by atoms with Crippen molar-refractivity contribution in [1.82, 2.24) is 5.32 Å². The van der Waals surface area contributed by atoms with Crippen LogP contribution in [0.1, 0.15) is 37.6 Å². The van der Waals surface area contributed by atoms with Crippen LogP contribution in [0.25, 0.3) is 0 Å². The predicted molar refractivity (Wildman–Crippen MR) is 83.5 cm³/mol. The Balaban J connectivity index is 3.25. The Labute approximate surface area is 136 Å². The summed E-state index contributed by atoms with van der Waals surface area (Å²) in [7, 11) is 1.08. The minimum absolute atomic E-state index is 0.0463. The Kier molecular flexibility index (Phi) is 6.19. The van der Waals surface area contributed by atoms with Crippen molar-refractivity contribution in [2.24, 2.45) is 5.92 Å². The van der Waals surface area contributed by atoms with Crippen LogP contribution in [0.15, 0.2) is 21.5 Å². The Hall–Kier alpha value is -0.660. The number of hydrogen-bond acceptors (Lipinski definition) is 3. The zero-order valence-electron chi connectivity index (χ0n) is 11.8. The summed E-state index contributed by atoms with van der Waals surface area (Å²) in [5.41, 5.74) is -0.103. The molecule has 0 saturated heterocycles. The molecule has 0 bridgehead atoms. The van der Waals surface area contributed by atoms with Crippen LogP contribution in [0, 0.1) is 11.7 Å². The van der Waals surface area contributed by atoms with Crippen LogP contribution in [0.2, 0.25) is 0 Å². The molecule has 4 nitrogen and oxygen atoms in total. The van der Waals surface area contributed by atoms with Gasteiger partial charge < -0.3 is 5.32 Å². The van der Waals surface area contributed by atoms with Crippen molar-refractivity contribution in [3.63, 3.8) is 0 Å². The fourth-order valence-electron chi connectivity index (χ4n) is 1.89. The number of benzene rings is 1. The highest BCUT2D eigenvalue weighted by atomic mass is 79.9. The maximum absolute atomic E-state index is 13.6. The molecule has 1 N–H and O–H groups in total. The predicted octanol–water partition coefficient (Wildman–Crippen LogP) is 3.68. The topological polar surface area (TPSA) is 63.2 Å². The SMILES string of the molecule is CCC(NC(=O)c1cc(F)cc(S(=O)(=O)Cl)c1Br)C(C)C. The number of amides is 1. The molecule has 1 rings (SSSR count). The van der Waals surface area contributed by atoms with Crippen molar-refractivity contribution >= 4 is 41.6 Å². The number of carbonyl (C=O) groups excluding carboxylic acids is 1. The average Bonchev–Trinajstić information content (AvgIpc) is 2.36. The van der Waals surface area contributed by atoms with Crippen LogP contribution in [-0.2, 0) is 9.05 Å². The molecule has 0 aliphatic rings. The second-order valence-corrected chi connectivity index (χ2v) is 8.26. The molecule has 1 aromatic carbocycles. The molecule has 0 radical (unpaired) electrons. The fraction of sp³-hybridized carbons (Fsp3) is 0.462. The quantitative estimate of drug-likeness (QED) is 0.767. The summed E-state index contributed by atoms with van der Waals surface area (Å²) in [6.07, 6.45) is 0.705. The maximum Gasteiger partial charge on any atom is 0.262 e.